The lowest BCUT2D eigenvalue weighted by molar-refractivity contribution is 0.0955. The minimum atomic E-state index is -0.245. The smallest absolute Gasteiger partial charge is 0.273 e. The van der Waals surface area contributed by atoms with E-state index in [1.165, 1.54) is 5.69 Å². The number of amides is 1. The summed E-state index contributed by atoms with van der Waals surface area (Å²) >= 11 is 0. The third-order valence-electron chi connectivity index (χ3n) is 4.68. The number of carbonyl (C=O) groups is 1. The van der Waals surface area contributed by atoms with Crippen molar-refractivity contribution < 1.29 is 9.53 Å². The standard InChI is InChI=1S/C22H22N4O2/c27-22(20-5-1-2-6-21(20)26-11-3-4-12-26)24-23-17-18-7-9-19(10-8-18)25-13-15-28-16-14-25/h1-12,17H,13-16H2,(H,24,27). The maximum Gasteiger partial charge on any atom is 0.273 e. The predicted octanol–water partition coefficient (Wildman–Crippen LogP) is 3.08. The number of rotatable bonds is 5. The minimum absolute atomic E-state index is 0.245. The number of hydrogen-bond donors (Lipinski definition) is 1. The average molecular weight is 374 g/mol. The predicted molar refractivity (Wildman–Crippen MR) is 110 cm³/mol. The van der Waals surface area contributed by atoms with Gasteiger partial charge in [0.2, 0.25) is 0 Å². The van der Waals surface area contributed by atoms with Gasteiger partial charge in [0.15, 0.2) is 0 Å². The van der Waals surface area contributed by atoms with E-state index >= 15 is 0 Å². The first kappa shape index (κ1) is 18.0. The molecular weight excluding hydrogens is 352 g/mol. The zero-order valence-corrected chi connectivity index (χ0v) is 15.5. The Hall–Kier alpha value is -3.38. The molecular formula is C22H22N4O2. The first-order valence-electron chi connectivity index (χ1n) is 9.30. The van der Waals surface area contributed by atoms with Crippen LogP contribution >= 0.6 is 0 Å². The molecule has 1 aliphatic heterocycles. The summed E-state index contributed by atoms with van der Waals surface area (Å²) in [5.74, 6) is -0.245. The molecule has 1 amide bonds. The van der Waals surface area contributed by atoms with Crippen LogP contribution in [0.25, 0.3) is 5.69 Å². The molecule has 0 atom stereocenters. The van der Waals surface area contributed by atoms with Crippen LogP contribution < -0.4 is 10.3 Å². The number of nitrogens with zero attached hydrogens (tertiary/aromatic N) is 3. The Morgan fingerprint density at radius 1 is 0.964 bits per heavy atom. The molecule has 142 valence electrons. The summed E-state index contributed by atoms with van der Waals surface area (Å²) in [6.45, 7) is 3.34. The van der Waals surface area contributed by atoms with Crippen molar-refractivity contribution in [2.45, 2.75) is 0 Å². The Bertz CT molecular complexity index is 943. The summed E-state index contributed by atoms with van der Waals surface area (Å²) in [6.07, 6.45) is 5.47. The lowest BCUT2D eigenvalue weighted by Crippen LogP contribution is -2.36. The molecule has 6 nitrogen and oxygen atoms in total. The molecule has 1 aromatic heterocycles. The number of benzene rings is 2. The van der Waals surface area contributed by atoms with Gasteiger partial charge in [-0.1, -0.05) is 24.3 Å². The Morgan fingerprint density at radius 2 is 1.68 bits per heavy atom. The maximum atomic E-state index is 12.6. The molecule has 28 heavy (non-hydrogen) atoms. The van der Waals surface area contributed by atoms with Crippen LogP contribution in [0.15, 0.2) is 78.2 Å². The van der Waals surface area contributed by atoms with Crippen LogP contribution in [0, 0.1) is 0 Å². The molecule has 0 radical (unpaired) electrons. The van der Waals surface area contributed by atoms with Crippen molar-refractivity contribution in [2.75, 3.05) is 31.2 Å². The fraction of sp³-hybridized carbons (Fsp3) is 0.182. The van der Waals surface area contributed by atoms with Crippen LogP contribution in [0.3, 0.4) is 0 Å². The normalized spacial score (nSPS) is 14.4. The number of hydrazone groups is 1. The number of ether oxygens (including phenoxy) is 1. The van der Waals surface area contributed by atoms with Gasteiger partial charge in [-0.2, -0.15) is 5.10 Å². The molecule has 2 aromatic carbocycles. The Labute approximate surface area is 164 Å². The third kappa shape index (κ3) is 4.13. The molecule has 0 aliphatic carbocycles. The fourth-order valence-corrected chi connectivity index (χ4v) is 3.20. The third-order valence-corrected chi connectivity index (χ3v) is 4.68. The van der Waals surface area contributed by atoms with Crippen molar-refractivity contribution in [2.24, 2.45) is 5.10 Å². The quantitative estimate of drug-likeness (QED) is 0.552. The summed E-state index contributed by atoms with van der Waals surface area (Å²) in [4.78, 5) is 14.9. The van der Waals surface area contributed by atoms with Crippen LogP contribution in [-0.2, 0) is 4.74 Å². The number of nitrogens with one attached hydrogen (secondary N) is 1. The number of anilines is 1. The molecule has 1 fully saturated rings. The lowest BCUT2D eigenvalue weighted by atomic mass is 10.1. The Kier molecular flexibility index (Phi) is 5.49. The van der Waals surface area contributed by atoms with Gasteiger partial charge in [0.25, 0.3) is 5.91 Å². The van der Waals surface area contributed by atoms with Crippen molar-refractivity contribution in [1.29, 1.82) is 0 Å². The highest BCUT2D eigenvalue weighted by Crippen LogP contribution is 2.16. The molecule has 1 aliphatic rings. The zero-order chi connectivity index (χ0) is 19.2. The molecule has 2 heterocycles. The highest BCUT2D eigenvalue weighted by Gasteiger charge is 2.12. The van der Waals surface area contributed by atoms with Gasteiger partial charge in [0, 0.05) is 31.2 Å². The lowest BCUT2D eigenvalue weighted by Gasteiger charge is -2.28. The van der Waals surface area contributed by atoms with Crippen molar-refractivity contribution in [3.8, 4) is 5.69 Å². The van der Waals surface area contributed by atoms with Crippen LogP contribution in [0.4, 0.5) is 5.69 Å². The molecule has 3 aromatic rings. The van der Waals surface area contributed by atoms with Gasteiger partial charge in [-0.15, -0.1) is 0 Å². The van der Waals surface area contributed by atoms with Crippen molar-refractivity contribution in [3.05, 3.63) is 84.2 Å². The Morgan fingerprint density at radius 3 is 2.43 bits per heavy atom. The summed E-state index contributed by atoms with van der Waals surface area (Å²) in [5.41, 5.74) is 6.10. The van der Waals surface area contributed by atoms with Crippen LogP contribution in [0.1, 0.15) is 15.9 Å². The minimum Gasteiger partial charge on any atom is -0.378 e. The number of para-hydroxylation sites is 1. The number of carbonyl (C=O) groups excluding carboxylic acids is 1. The van der Waals surface area contributed by atoms with Gasteiger partial charge >= 0.3 is 0 Å². The van der Waals surface area contributed by atoms with E-state index in [1.54, 1.807) is 12.3 Å². The van der Waals surface area contributed by atoms with Gasteiger partial charge in [-0.3, -0.25) is 4.79 Å². The van der Waals surface area contributed by atoms with E-state index in [9.17, 15) is 4.79 Å². The van der Waals surface area contributed by atoms with Gasteiger partial charge in [0.05, 0.1) is 30.7 Å². The van der Waals surface area contributed by atoms with Crippen LogP contribution in [0.5, 0.6) is 0 Å². The van der Waals surface area contributed by atoms with E-state index in [4.69, 9.17) is 4.74 Å². The Balaban J connectivity index is 1.41. The zero-order valence-electron chi connectivity index (χ0n) is 15.5. The van der Waals surface area contributed by atoms with Gasteiger partial charge < -0.3 is 14.2 Å². The monoisotopic (exact) mass is 374 g/mol. The maximum absolute atomic E-state index is 12.6. The second kappa shape index (κ2) is 8.54. The average Bonchev–Trinajstić information content (AvgIpc) is 3.30. The number of morpholine rings is 1. The molecule has 0 spiro atoms. The summed E-state index contributed by atoms with van der Waals surface area (Å²) in [7, 11) is 0. The molecule has 6 heteroatoms. The van der Waals surface area contributed by atoms with E-state index < -0.39 is 0 Å². The number of aromatic nitrogens is 1. The van der Waals surface area contributed by atoms with Gasteiger partial charge in [-0.25, -0.2) is 5.43 Å². The molecule has 0 bridgehead atoms. The first-order chi connectivity index (χ1) is 13.8. The van der Waals surface area contributed by atoms with E-state index in [0.29, 0.717) is 5.56 Å². The van der Waals surface area contributed by atoms with Crippen LogP contribution in [0.2, 0.25) is 0 Å². The van der Waals surface area contributed by atoms with Crippen LogP contribution in [-0.4, -0.2) is 43.0 Å². The van der Waals surface area contributed by atoms with Crippen molar-refractivity contribution in [3.63, 3.8) is 0 Å². The van der Waals surface area contributed by atoms with Crippen molar-refractivity contribution in [1.82, 2.24) is 9.99 Å². The van der Waals surface area contributed by atoms with Crippen molar-refractivity contribution >= 4 is 17.8 Å². The summed E-state index contributed by atoms with van der Waals surface area (Å²) in [6, 6.07) is 19.4. The molecule has 1 N–H and O–H groups in total. The van der Waals surface area contributed by atoms with E-state index in [1.807, 2.05) is 59.4 Å². The molecule has 1 saturated heterocycles. The SMILES string of the molecule is O=C(NN=Cc1ccc(N2CCOCC2)cc1)c1ccccc1-n1cccc1. The highest BCUT2D eigenvalue weighted by atomic mass is 16.5. The highest BCUT2D eigenvalue weighted by molar-refractivity contribution is 5.98. The van der Waals surface area contributed by atoms with Gasteiger partial charge in [-0.05, 0) is 42.0 Å². The first-order valence-corrected chi connectivity index (χ1v) is 9.30. The van der Waals surface area contributed by atoms with E-state index in [0.717, 1.165) is 37.6 Å². The molecule has 0 saturated carbocycles. The van der Waals surface area contributed by atoms with E-state index in [2.05, 4.69) is 27.6 Å². The second-order valence-corrected chi connectivity index (χ2v) is 6.50. The molecule has 4 rings (SSSR count). The summed E-state index contributed by atoms with van der Waals surface area (Å²) in [5, 5.41) is 4.12. The summed E-state index contributed by atoms with van der Waals surface area (Å²) < 4.78 is 7.29. The number of hydrogen-bond acceptors (Lipinski definition) is 4. The second-order valence-electron chi connectivity index (χ2n) is 6.50. The fourth-order valence-electron chi connectivity index (χ4n) is 3.20. The largest absolute Gasteiger partial charge is 0.378 e. The molecule has 0 unspecified atom stereocenters. The van der Waals surface area contributed by atoms with Gasteiger partial charge in [0.1, 0.15) is 0 Å². The topological polar surface area (TPSA) is 58.9 Å². The van der Waals surface area contributed by atoms with E-state index in [-0.39, 0.29) is 5.91 Å².